The maximum absolute atomic E-state index is 9.90. The highest BCUT2D eigenvalue weighted by Crippen LogP contribution is 2.02. The van der Waals surface area contributed by atoms with E-state index in [4.69, 9.17) is 45.6 Å². The Morgan fingerprint density at radius 2 is 1.26 bits per heavy atom. The second-order valence-corrected chi connectivity index (χ2v) is 4.77. The highest BCUT2D eigenvalue weighted by molar-refractivity contribution is 5.66. The van der Waals surface area contributed by atoms with Crippen molar-refractivity contribution in [2.45, 2.75) is 64.4 Å². The van der Waals surface area contributed by atoms with Crippen LogP contribution in [0.15, 0.2) is 0 Å². The number of carbonyl (C=O) groups is 4. The predicted octanol–water partition coefficient (Wildman–Crippen LogP) is -1.94. The third kappa shape index (κ3) is 32.1. The van der Waals surface area contributed by atoms with Gasteiger partial charge in [-0.3, -0.25) is 14.4 Å². The third-order valence-corrected chi connectivity index (χ3v) is 2.19. The Balaban J connectivity index is -0.000000148. The molecule has 0 radical (unpaired) electrons. The summed E-state index contributed by atoms with van der Waals surface area (Å²) in [5.41, 5.74) is 0. The normalized spacial score (nSPS) is 13.5. The maximum Gasteiger partial charge on any atom is 0.303 e. The summed E-state index contributed by atoms with van der Waals surface area (Å²) in [6.07, 6.45) is -5.59. The predicted molar refractivity (Wildman–Crippen MR) is 91.0 cm³/mol. The molecule has 0 heterocycles. The monoisotopic (exact) mass is 402 g/mol. The van der Waals surface area contributed by atoms with Crippen molar-refractivity contribution in [2.75, 3.05) is 6.61 Å². The first-order valence-corrected chi connectivity index (χ1v) is 7.73. The minimum atomic E-state index is -1.79. The minimum Gasteiger partial charge on any atom is -0.481 e. The zero-order valence-electron chi connectivity index (χ0n) is 15.4. The van der Waals surface area contributed by atoms with Gasteiger partial charge in [0.2, 0.25) is 0 Å². The Bertz CT molecular complexity index is 394. The van der Waals surface area contributed by atoms with Crippen molar-refractivity contribution >= 4 is 24.2 Å². The fraction of sp³-hybridized carbons (Fsp3) is 0.733. The van der Waals surface area contributed by atoms with Crippen LogP contribution < -0.4 is 0 Å². The molecule has 4 atom stereocenters. The second-order valence-electron chi connectivity index (χ2n) is 4.77. The molecular formula is C15H30O12. The SMILES string of the molecule is CC(=O)O.CCC(=O)O.CCCC(=O)O.O=C[C@H](O)[C@@H](O)[C@H](O)[C@H](O)CO. The number of aliphatic hydroxyl groups is 5. The Labute approximate surface area is 156 Å². The summed E-state index contributed by atoms with van der Waals surface area (Å²) in [6.45, 7) is 3.76. The van der Waals surface area contributed by atoms with Gasteiger partial charge in [0.25, 0.3) is 5.97 Å². The van der Waals surface area contributed by atoms with E-state index in [9.17, 15) is 14.4 Å². The van der Waals surface area contributed by atoms with E-state index in [0.717, 1.165) is 13.3 Å². The van der Waals surface area contributed by atoms with Crippen LogP contribution in [0, 0.1) is 0 Å². The van der Waals surface area contributed by atoms with E-state index in [-0.39, 0.29) is 12.7 Å². The third-order valence-electron chi connectivity index (χ3n) is 2.19. The van der Waals surface area contributed by atoms with Crippen LogP contribution in [0.3, 0.4) is 0 Å². The van der Waals surface area contributed by atoms with Crippen LogP contribution >= 0.6 is 0 Å². The van der Waals surface area contributed by atoms with Crippen LogP contribution in [0.25, 0.3) is 0 Å². The number of carboxylic acid groups (broad SMARTS) is 3. The first-order valence-electron chi connectivity index (χ1n) is 7.73. The lowest BCUT2D eigenvalue weighted by Gasteiger charge is -2.22. The van der Waals surface area contributed by atoms with Crippen molar-refractivity contribution in [1.29, 1.82) is 0 Å². The molecule has 0 amide bonds. The van der Waals surface area contributed by atoms with Gasteiger partial charge < -0.3 is 45.6 Å². The summed E-state index contributed by atoms with van der Waals surface area (Å²) in [4.78, 5) is 37.9. The summed E-state index contributed by atoms with van der Waals surface area (Å²) in [7, 11) is 0. The molecule has 0 rings (SSSR count). The van der Waals surface area contributed by atoms with E-state index in [0.29, 0.717) is 6.42 Å². The number of rotatable bonds is 8. The molecule has 0 bridgehead atoms. The standard InChI is InChI=1S/C6H12O6.C4H8O2.C3H6O2.C2H4O2/c7-1-3(9)5(11)6(12)4(10)2-8;1-2-3-4(5)6;1-2-3(4)5;1-2(3)4/h1,3-6,8-12H,2H2;2-3H2,1H3,(H,5,6);2H2,1H3,(H,4,5);1H3,(H,3,4)/t3-,4+,5+,6+;;;/m0.../s1. The van der Waals surface area contributed by atoms with Crippen molar-refractivity contribution in [3.05, 3.63) is 0 Å². The molecule has 0 aliphatic carbocycles. The van der Waals surface area contributed by atoms with Gasteiger partial charge in [-0.15, -0.1) is 0 Å². The molecule has 162 valence electrons. The number of hydrogen-bond donors (Lipinski definition) is 8. The van der Waals surface area contributed by atoms with Gasteiger partial charge in [0, 0.05) is 19.8 Å². The zero-order chi connectivity index (χ0) is 22.6. The molecule has 0 saturated heterocycles. The van der Waals surface area contributed by atoms with Crippen LogP contribution in [0.4, 0.5) is 0 Å². The van der Waals surface area contributed by atoms with Gasteiger partial charge in [0.15, 0.2) is 6.29 Å². The fourth-order valence-corrected chi connectivity index (χ4v) is 0.832. The summed E-state index contributed by atoms with van der Waals surface area (Å²) >= 11 is 0. The van der Waals surface area contributed by atoms with Crippen LogP contribution in [0.5, 0.6) is 0 Å². The lowest BCUT2D eigenvalue weighted by Crippen LogP contribution is -2.46. The van der Waals surface area contributed by atoms with Crippen LogP contribution in [-0.2, 0) is 19.2 Å². The molecular weight excluding hydrogens is 372 g/mol. The minimum absolute atomic E-state index is 0.0258. The average molecular weight is 402 g/mol. The quantitative estimate of drug-likeness (QED) is 0.207. The van der Waals surface area contributed by atoms with Crippen molar-refractivity contribution in [3.8, 4) is 0 Å². The Kier molecular flexibility index (Phi) is 26.4. The average Bonchev–Trinajstić information content (AvgIpc) is 2.59. The molecule has 0 aliphatic rings. The smallest absolute Gasteiger partial charge is 0.303 e. The molecule has 0 aromatic carbocycles. The van der Waals surface area contributed by atoms with Crippen molar-refractivity contribution in [1.82, 2.24) is 0 Å². The van der Waals surface area contributed by atoms with Gasteiger partial charge in [-0.05, 0) is 6.42 Å². The number of aldehydes is 1. The van der Waals surface area contributed by atoms with Crippen molar-refractivity contribution in [2.24, 2.45) is 0 Å². The van der Waals surface area contributed by atoms with E-state index in [1.54, 1.807) is 6.92 Å². The Morgan fingerprint density at radius 1 is 0.889 bits per heavy atom. The lowest BCUT2D eigenvalue weighted by molar-refractivity contribution is -0.137. The molecule has 0 aromatic rings. The second kappa shape index (κ2) is 21.9. The van der Waals surface area contributed by atoms with Gasteiger partial charge in [-0.2, -0.15) is 0 Å². The fourth-order valence-electron chi connectivity index (χ4n) is 0.832. The van der Waals surface area contributed by atoms with E-state index in [2.05, 4.69) is 0 Å². The summed E-state index contributed by atoms with van der Waals surface area (Å²) in [5.74, 6) is -2.29. The van der Waals surface area contributed by atoms with E-state index in [1.807, 2.05) is 6.92 Å². The largest absolute Gasteiger partial charge is 0.481 e. The Morgan fingerprint density at radius 3 is 1.41 bits per heavy atom. The first kappa shape index (κ1) is 32.5. The molecule has 0 aliphatic heterocycles. The summed E-state index contributed by atoms with van der Waals surface area (Å²) < 4.78 is 0. The number of aliphatic carboxylic acids is 3. The van der Waals surface area contributed by atoms with Crippen molar-refractivity contribution < 1.29 is 60.0 Å². The highest BCUT2D eigenvalue weighted by atomic mass is 16.4. The van der Waals surface area contributed by atoms with Crippen LogP contribution in [0.1, 0.15) is 40.0 Å². The van der Waals surface area contributed by atoms with Gasteiger partial charge >= 0.3 is 11.9 Å². The van der Waals surface area contributed by atoms with Crippen LogP contribution in [0.2, 0.25) is 0 Å². The van der Waals surface area contributed by atoms with Gasteiger partial charge in [0.05, 0.1) is 6.61 Å². The highest BCUT2D eigenvalue weighted by Gasteiger charge is 2.29. The maximum atomic E-state index is 9.90. The molecule has 0 saturated carbocycles. The molecule has 8 N–H and O–H groups in total. The van der Waals surface area contributed by atoms with E-state index >= 15 is 0 Å². The summed E-state index contributed by atoms with van der Waals surface area (Å²) in [6, 6.07) is 0. The molecule has 0 fully saturated rings. The molecule has 0 unspecified atom stereocenters. The van der Waals surface area contributed by atoms with Crippen LogP contribution in [-0.4, -0.2) is 96.1 Å². The lowest BCUT2D eigenvalue weighted by atomic mass is 10.0. The van der Waals surface area contributed by atoms with Gasteiger partial charge in [-0.1, -0.05) is 13.8 Å². The van der Waals surface area contributed by atoms with Crippen molar-refractivity contribution in [3.63, 3.8) is 0 Å². The molecule has 0 aromatic heterocycles. The number of carbonyl (C=O) groups excluding carboxylic acids is 1. The molecule has 12 heteroatoms. The number of hydrogen-bond acceptors (Lipinski definition) is 9. The Hall–Kier alpha value is -2.12. The zero-order valence-corrected chi connectivity index (χ0v) is 15.4. The van der Waals surface area contributed by atoms with Gasteiger partial charge in [0.1, 0.15) is 24.4 Å². The molecule has 27 heavy (non-hydrogen) atoms. The summed E-state index contributed by atoms with van der Waals surface area (Å²) in [5, 5.41) is 66.6. The number of aliphatic hydroxyl groups excluding tert-OH is 5. The first-order chi connectivity index (χ1) is 12.3. The molecule has 0 spiro atoms. The van der Waals surface area contributed by atoms with E-state index in [1.165, 1.54) is 0 Å². The van der Waals surface area contributed by atoms with Gasteiger partial charge in [-0.25, -0.2) is 0 Å². The molecule has 12 nitrogen and oxygen atoms in total. The number of carboxylic acids is 3. The van der Waals surface area contributed by atoms with E-state index < -0.39 is 48.9 Å². The topological polar surface area (TPSA) is 230 Å².